The largest absolute Gasteiger partial charge is 0.508 e. The van der Waals surface area contributed by atoms with E-state index in [1.54, 1.807) is 18.2 Å². The summed E-state index contributed by atoms with van der Waals surface area (Å²) in [6.45, 7) is 0. The summed E-state index contributed by atoms with van der Waals surface area (Å²) < 4.78 is 27.2. The molecule has 0 aliphatic heterocycles. The molecule has 2 nitrogen and oxygen atoms in total. The minimum atomic E-state index is -0.792. The quantitative estimate of drug-likeness (QED) is 0.898. The van der Waals surface area contributed by atoms with E-state index in [-0.39, 0.29) is 16.2 Å². The standard InChI is InChI=1S/C13H7F2NOS/c14-11-4-8(7-16)5-12(15)13(11)18-10-3-1-2-9(17)6-10/h1-6,17H. The van der Waals surface area contributed by atoms with Gasteiger partial charge in [0.15, 0.2) is 0 Å². The van der Waals surface area contributed by atoms with Gasteiger partial charge in [0.1, 0.15) is 17.4 Å². The SMILES string of the molecule is N#Cc1cc(F)c(Sc2cccc(O)c2)c(F)c1. The molecule has 0 amide bonds. The Hall–Kier alpha value is -2.06. The number of nitriles is 1. The van der Waals surface area contributed by atoms with Crippen LogP contribution < -0.4 is 0 Å². The van der Waals surface area contributed by atoms with Gasteiger partial charge < -0.3 is 5.11 Å². The van der Waals surface area contributed by atoms with Crippen molar-refractivity contribution in [3.05, 3.63) is 53.6 Å². The zero-order chi connectivity index (χ0) is 13.1. The van der Waals surface area contributed by atoms with E-state index >= 15 is 0 Å². The normalized spacial score (nSPS) is 10.1. The molecule has 0 radical (unpaired) electrons. The van der Waals surface area contributed by atoms with Crippen LogP contribution in [0.15, 0.2) is 46.2 Å². The second kappa shape index (κ2) is 5.07. The molecule has 0 unspecified atom stereocenters. The van der Waals surface area contributed by atoms with Crippen molar-refractivity contribution in [3.8, 4) is 11.8 Å². The number of aromatic hydroxyl groups is 1. The van der Waals surface area contributed by atoms with Gasteiger partial charge >= 0.3 is 0 Å². The Morgan fingerprint density at radius 1 is 1.11 bits per heavy atom. The Balaban J connectivity index is 2.38. The summed E-state index contributed by atoms with van der Waals surface area (Å²) in [6, 6.07) is 9.72. The van der Waals surface area contributed by atoms with Gasteiger partial charge in [0.2, 0.25) is 0 Å². The molecule has 2 rings (SSSR count). The third-order valence-electron chi connectivity index (χ3n) is 2.16. The van der Waals surface area contributed by atoms with E-state index < -0.39 is 11.6 Å². The monoisotopic (exact) mass is 263 g/mol. The lowest BCUT2D eigenvalue weighted by Crippen LogP contribution is -1.90. The topological polar surface area (TPSA) is 44.0 Å². The minimum absolute atomic E-state index is 0.0226. The van der Waals surface area contributed by atoms with Crippen LogP contribution in [-0.4, -0.2) is 5.11 Å². The van der Waals surface area contributed by atoms with Crippen LogP contribution in [0.4, 0.5) is 8.78 Å². The van der Waals surface area contributed by atoms with E-state index in [4.69, 9.17) is 5.26 Å². The lowest BCUT2D eigenvalue weighted by Gasteiger charge is -2.05. The van der Waals surface area contributed by atoms with Crippen LogP contribution in [0.3, 0.4) is 0 Å². The van der Waals surface area contributed by atoms with Crippen molar-refractivity contribution in [2.75, 3.05) is 0 Å². The van der Waals surface area contributed by atoms with Gasteiger partial charge in [-0.3, -0.25) is 0 Å². The van der Waals surface area contributed by atoms with Crippen LogP contribution in [0.2, 0.25) is 0 Å². The van der Waals surface area contributed by atoms with Crippen molar-refractivity contribution in [1.29, 1.82) is 5.26 Å². The highest BCUT2D eigenvalue weighted by Crippen LogP contribution is 2.33. The summed E-state index contributed by atoms with van der Waals surface area (Å²) >= 11 is 0.855. The third kappa shape index (κ3) is 2.60. The number of rotatable bonds is 2. The smallest absolute Gasteiger partial charge is 0.141 e. The number of halogens is 2. The van der Waals surface area contributed by atoms with E-state index in [1.807, 2.05) is 0 Å². The summed E-state index contributed by atoms with van der Waals surface area (Å²) in [5.74, 6) is -1.56. The average Bonchev–Trinajstić information content (AvgIpc) is 2.33. The number of phenols is 1. The molecule has 18 heavy (non-hydrogen) atoms. The zero-order valence-corrected chi connectivity index (χ0v) is 9.84. The average molecular weight is 263 g/mol. The van der Waals surface area contributed by atoms with Crippen molar-refractivity contribution in [3.63, 3.8) is 0 Å². The third-order valence-corrected chi connectivity index (χ3v) is 3.25. The van der Waals surface area contributed by atoms with Gasteiger partial charge in [-0.05, 0) is 30.3 Å². The molecule has 0 atom stereocenters. The fourth-order valence-electron chi connectivity index (χ4n) is 1.39. The molecule has 0 spiro atoms. The first kappa shape index (κ1) is 12.4. The van der Waals surface area contributed by atoms with Gasteiger partial charge in [-0.25, -0.2) is 8.78 Å². The lowest BCUT2D eigenvalue weighted by molar-refractivity contribution is 0.473. The van der Waals surface area contributed by atoms with Crippen LogP contribution >= 0.6 is 11.8 Å². The molecule has 2 aromatic carbocycles. The van der Waals surface area contributed by atoms with Crippen LogP contribution in [0.5, 0.6) is 5.75 Å². The van der Waals surface area contributed by atoms with E-state index in [1.165, 1.54) is 12.1 Å². The van der Waals surface area contributed by atoms with Crippen LogP contribution in [-0.2, 0) is 0 Å². The van der Waals surface area contributed by atoms with Gasteiger partial charge in [0, 0.05) is 4.90 Å². The number of hydrogen-bond acceptors (Lipinski definition) is 3. The van der Waals surface area contributed by atoms with E-state index in [2.05, 4.69) is 0 Å². The number of nitrogens with zero attached hydrogens (tertiary/aromatic N) is 1. The Labute approximate surface area is 106 Å². The maximum Gasteiger partial charge on any atom is 0.141 e. The van der Waals surface area contributed by atoms with Crippen LogP contribution in [0.1, 0.15) is 5.56 Å². The molecule has 90 valence electrons. The highest BCUT2D eigenvalue weighted by molar-refractivity contribution is 7.99. The van der Waals surface area contributed by atoms with Crippen molar-refractivity contribution in [2.24, 2.45) is 0 Å². The first-order valence-electron chi connectivity index (χ1n) is 4.96. The van der Waals surface area contributed by atoms with Gasteiger partial charge in [0.25, 0.3) is 0 Å². The fourth-order valence-corrected chi connectivity index (χ4v) is 2.26. The predicted molar refractivity (Wildman–Crippen MR) is 63.3 cm³/mol. The van der Waals surface area contributed by atoms with E-state index in [0.29, 0.717) is 4.90 Å². The second-order valence-electron chi connectivity index (χ2n) is 3.48. The summed E-state index contributed by atoms with van der Waals surface area (Å²) in [7, 11) is 0. The maximum atomic E-state index is 13.6. The second-order valence-corrected chi connectivity index (χ2v) is 4.56. The summed E-state index contributed by atoms with van der Waals surface area (Å²) in [4.78, 5) is 0.317. The highest BCUT2D eigenvalue weighted by Gasteiger charge is 2.13. The number of phenolic OH excluding ortho intramolecular Hbond substituents is 1. The molecule has 0 aliphatic carbocycles. The van der Waals surface area contributed by atoms with Crippen molar-refractivity contribution in [2.45, 2.75) is 9.79 Å². The maximum absolute atomic E-state index is 13.6. The Morgan fingerprint density at radius 2 is 1.78 bits per heavy atom. The Morgan fingerprint density at radius 3 is 2.33 bits per heavy atom. The summed E-state index contributed by atoms with van der Waals surface area (Å²) in [5, 5.41) is 17.8. The van der Waals surface area contributed by atoms with E-state index in [9.17, 15) is 13.9 Å². The number of benzene rings is 2. The first-order valence-corrected chi connectivity index (χ1v) is 5.78. The first-order chi connectivity index (χ1) is 8.60. The van der Waals surface area contributed by atoms with Crippen LogP contribution in [0, 0.1) is 23.0 Å². The molecular weight excluding hydrogens is 256 g/mol. The summed E-state index contributed by atoms with van der Waals surface area (Å²) in [6.07, 6.45) is 0. The Kier molecular flexibility index (Phi) is 3.49. The molecule has 0 aromatic heterocycles. The highest BCUT2D eigenvalue weighted by atomic mass is 32.2. The lowest BCUT2D eigenvalue weighted by atomic mass is 10.2. The molecule has 0 fully saturated rings. The Bertz CT molecular complexity index is 614. The molecule has 0 saturated carbocycles. The number of hydrogen-bond donors (Lipinski definition) is 1. The van der Waals surface area contributed by atoms with Gasteiger partial charge in [-0.15, -0.1) is 0 Å². The van der Waals surface area contributed by atoms with Crippen molar-refractivity contribution >= 4 is 11.8 Å². The van der Waals surface area contributed by atoms with E-state index in [0.717, 1.165) is 23.9 Å². The van der Waals surface area contributed by atoms with Gasteiger partial charge in [-0.1, -0.05) is 17.8 Å². The fraction of sp³-hybridized carbons (Fsp3) is 0. The van der Waals surface area contributed by atoms with Crippen LogP contribution in [0.25, 0.3) is 0 Å². The minimum Gasteiger partial charge on any atom is -0.508 e. The van der Waals surface area contributed by atoms with Crippen molar-refractivity contribution < 1.29 is 13.9 Å². The summed E-state index contributed by atoms with van der Waals surface area (Å²) in [5.41, 5.74) is -0.0646. The molecule has 0 heterocycles. The molecule has 0 aliphatic rings. The molecule has 5 heteroatoms. The van der Waals surface area contributed by atoms with Crippen molar-refractivity contribution in [1.82, 2.24) is 0 Å². The van der Waals surface area contributed by atoms with Gasteiger partial charge in [-0.2, -0.15) is 5.26 Å². The molecule has 2 aromatic rings. The molecule has 0 bridgehead atoms. The molecule has 1 N–H and O–H groups in total. The molecular formula is C13H7F2NOS. The zero-order valence-electron chi connectivity index (χ0n) is 9.02. The molecule has 0 saturated heterocycles. The predicted octanol–water partition coefficient (Wildman–Crippen LogP) is 3.69. The van der Waals surface area contributed by atoms with Gasteiger partial charge in [0.05, 0.1) is 16.5 Å².